The van der Waals surface area contributed by atoms with Gasteiger partial charge in [0.2, 0.25) is 0 Å². The molecule has 7 heteroatoms. The molecule has 3 heterocycles. The summed E-state index contributed by atoms with van der Waals surface area (Å²) < 4.78 is 13.3. The summed E-state index contributed by atoms with van der Waals surface area (Å²) in [6.07, 6.45) is 8.32. The molecule has 0 N–H and O–H groups in total. The normalized spacial score (nSPS) is 26.9. The molecule has 0 radical (unpaired) electrons. The van der Waals surface area contributed by atoms with Gasteiger partial charge >= 0.3 is 0 Å². The molecular formula is C16H26N4O3. The van der Waals surface area contributed by atoms with E-state index in [1.54, 1.807) is 6.33 Å². The van der Waals surface area contributed by atoms with Crippen LogP contribution >= 0.6 is 0 Å². The van der Waals surface area contributed by atoms with Crippen molar-refractivity contribution in [2.24, 2.45) is 0 Å². The van der Waals surface area contributed by atoms with Crippen LogP contribution < -0.4 is 0 Å². The first-order valence-corrected chi connectivity index (χ1v) is 8.60. The Hall–Kier alpha value is -1.47. The predicted octanol–water partition coefficient (Wildman–Crippen LogP) is 1.42. The Morgan fingerprint density at radius 1 is 1.39 bits per heavy atom. The van der Waals surface area contributed by atoms with Crippen molar-refractivity contribution in [1.82, 2.24) is 19.7 Å². The van der Waals surface area contributed by atoms with Gasteiger partial charge in [0, 0.05) is 19.7 Å². The van der Waals surface area contributed by atoms with Crippen LogP contribution in [0.1, 0.15) is 45.1 Å². The fourth-order valence-electron chi connectivity index (χ4n) is 3.30. The Bertz CT molecular complexity index is 488. The van der Waals surface area contributed by atoms with Crippen molar-refractivity contribution in [2.45, 2.75) is 57.3 Å². The van der Waals surface area contributed by atoms with Crippen LogP contribution in [0.15, 0.2) is 12.7 Å². The second kappa shape index (κ2) is 7.88. The molecule has 128 valence electrons. The van der Waals surface area contributed by atoms with Crippen LogP contribution in [0.2, 0.25) is 0 Å². The minimum absolute atomic E-state index is 0.0608. The summed E-state index contributed by atoms with van der Waals surface area (Å²) in [6.45, 7) is 4.62. The third kappa shape index (κ3) is 4.29. The number of likely N-dealkylation sites (tertiary alicyclic amines) is 1. The zero-order valence-electron chi connectivity index (χ0n) is 13.8. The Balaban J connectivity index is 1.48. The lowest BCUT2D eigenvalue weighted by Crippen LogP contribution is -2.46. The number of rotatable bonds is 5. The van der Waals surface area contributed by atoms with Crippen LogP contribution in [-0.2, 0) is 14.3 Å². The molecule has 3 atom stereocenters. The first-order chi connectivity index (χ1) is 11.2. The van der Waals surface area contributed by atoms with Gasteiger partial charge in [0.1, 0.15) is 18.8 Å². The number of amides is 1. The first kappa shape index (κ1) is 16.4. The van der Waals surface area contributed by atoms with Crippen molar-refractivity contribution in [3.8, 4) is 0 Å². The zero-order valence-corrected chi connectivity index (χ0v) is 13.8. The quantitative estimate of drug-likeness (QED) is 0.820. The van der Waals surface area contributed by atoms with E-state index in [9.17, 15) is 4.79 Å². The van der Waals surface area contributed by atoms with Gasteiger partial charge in [-0.3, -0.25) is 4.79 Å². The van der Waals surface area contributed by atoms with Crippen molar-refractivity contribution >= 4 is 5.91 Å². The standard InChI is InChI=1S/C16H26N4O3/c1-13(23-10-15-6-2-3-8-22-15)16(21)19-7-4-5-14(9-19)20-12-17-11-18-20/h11-15H,2-10H2,1H3/t13-,14+,15+/m0/s1. The van der Waals surface area contributed by atoms with Gasteiger partial charge < -0.3 is 14.4 Å². The average molecular weight is 322 g/mol. The Labute approximate surface area is 137 Å². The summed E-state index contributed by atoms with van der Waals surface area (Å²) in [4.78, 5) is 18.5. The van der Waals surface area contributed by atoms with Gasteiger partial charge in [-0.1, -0.05) is 0 Å². The van der Waals surface area contributed by atoms with E-state index in [1.165, 1.54) is 12.7 Å². The summed E-state index contributed by atoms with van der Waals surface area (Å²) >= 11 is 0. The lowest BCUT2D eigenvalue weighted by Gasteiger charge is -2.34. The van der Waals surface area contributed by atoms with Crippen LogP contribution in [0, 0.1) is 0 Å². The predicted molar refractivity (Wildman–Crippen MR) is 83.9 cm³/mol. The SMILES string of the molecule is C[C@H](OC[C@H]1CCCCO1)C(=O)N1CCC[C@@H](n2cncn2)C1. The summed E-state index contributed by atoms with van der Waals surface area (Å²) in [6, 6.07) is 0.212. The van der Waals surface area contributed by atoms with Crippen LogP contribution in [0.4, 0.5) is 0 Å². The highest BCUT2D eigenvalue weighted by molar-refractivity contribution is 5.80. The van der Waals surface area contributed by atoms with Gasteiger partial charge in [-0.2, -0.15) is 5.10 Å². The van der Waals surface area contributed by atoms with Crippen molar-refractivity contribution in [3.63, 3.8) is 0 Å². The number of nitrogens with zero attached hydrogens (tertiary/aromatic N) is 4. The molecule has 23 heavy (non-hydrogen) atoms. The molecule has 1 aromatic rings. The van der Waals surface area contributed by atoms with Gasteiger partial charge in [-0.25, -0.2) is 9.67 Å². The number of carbonyl (C=O) groups excluding carboxylic acids is 1. The van der Waals surface area contributed by atoms with Crippen molar-refractivity contribution in [3.05, 3.63) is 12.7 Å². The smallest absolute Gasteiger partial charge is 0.251 e. The zero-order chi connectivity index (χ0) is 16.1. The molecule has 2 saturated heterocycles. The van der Waals surface area contributed by atoms with Gasteiger partial charge in [-0.15, -0.1) is 0 Å². The number of carbonyl (C=O) groups is 1. The number of aromatic nitrogens is 3. The van der Waals surface area contributed by atoms with Crippen LogP contribution in [0.3, 0.4) is 0 Å². The number of piperidine rings is 1. The fourth-order valence-corrected chi connectivity index (χ4v) is 3.30. The Kier molecular flexibility index (Phi) is 5.61. The summed E-state index contributed by atoms with van der Waals surface area (Å²) in [5, 5.41) is 4.20. The van der Waals surface area contributed by atoms with E-state index in [2.05, 4.69) is 10.1 Å². The number of hydrogen-bond donors (Lipinski definition) is 0. The van der Waals surface area contributed by atoms with E-state index in [0.29, 0.717) is 13.2 Å². The first-order valence-electron chi connectivity index (χ1n) is 8.60. The third-order valence-electron chi connectivity index (χ3n) is 4.67. The lowest BCUT2D eigenvalue weighted by atomic mass is 10.1. The minimum Gasteiger partial charge on any atom is -0.376 e. The largest absolute Gasteiger partial charge is 0.376 e. The maximum Gasteiger partial charge on any atom is 0.251 e. The van der Waals surface area contributed by atoms with Gasteiger partial charge in [0.15, 0.2) is 0 Å². The molecule has 0 saturated carbocycles. The van der Waals surface area contributed by atoms with E-state index in [1.807, 2.05) is 16.5 Å². The summed E-state index contributed by atoms with van der Waals surface area (Å²) in [5.74, 6) is 0.0608. The van der Waals surface area contributed by atoms with Crippen LogP contribution in [0.5, 0.6) is 0 Å². The van der Waals surface area contributed by atoms with E-state index < -0.39 is 6.10 Å². The summed E-state index contributed by atoms with van der Waals surface area (Å²) in [5.41, 5.74) is 0. The number of ether oxygens (including phenoxy) is 2. The monoisotopic (exact) mass is 322 g/mol. The minimum atomic E-state index is -0.421. The van der Waals surface area contributed by atoms with Crippen molar-refractivity contribution in [1.29, 1.82) is 0 Å². The van der Waals surface area contributed by atoms with E-state index in [-0.39, 0.29) is 18.1 Å². The van der Waals surface area contributed by atoms with Crippen LogP contribution in [-0.4, -0.2) is 64.1 Å². The molecular weight excluding hydrogens is 296 g/mol. The third-order valence-corrected chi connectivity index (χ3v) is 4.67. The molecule has 2 aliphatic rings. The molecule has 0 unspecified atom stereocenters. The van der Waals surface area contributed by atoms with Crippen molar-refractivity contribution < 1.29 is 14.3 Å². The highest BCUT2D eigenvalue weighted by atomic mass is 16.5. The molecule has 0 bridgehead atoms. The molecule has 0 spiro atoms. The molecule has 2 fully saturated rings. The topological polar surface area (TPSA) is 69.5 Å². The fraction of sp³-hybridized carbons (Fsp3) is 0.812. The number of hydrogen-bond acceptors (Lipinski definition) is 5. The van der Waals surface area contributed by atoms with Crippen LogP contribution in [0.25, 0.3) is 0 Å². The average Bonchev–Trinajstić information content (AvgIpc) is 3.15. The van der Waals surface area contributed by atoms with Gasteiger partial charge in [-0.05, 0) is 39.0 Å². The second-order valence-electron chi connectivity index (χ2n) is 6.42. The molecule has 0 aliphatic carbocycles. The molecule has 7 nitrogen and oxygen atoms in total. The Morgan fingerprint density at radius 3 is 3.04 bits per heavy atom. The van der Waals surface area contributed by atoms with Gasteiger partial charge in [0.25, 0.3) is 5.91 Å². The maximum atomic E-state index is 12.6. The van der Waals surface area contributed by atoms with E-state index in [0.717, 1.165) is 38.8 Å². The van der Waals surface area contributed by atoms with E-state index >= 15 is 0 Å². The molecule has 2 aliphatic heterocycles. The van der Waals surface area contributed by atoms with E-state index in [4.69, 9.17) is 9.47 Å². The van der Waals surface area contributed by atoms with Gasteiger partial charge in [0.05, 0.1) is 18.8 Å². The Morgan fingerprint density at radius 2 is 2.30 bits per heavy atom. The molecule has 0 aromatic carbocycles. The highest BCUT2D eigenvalue weighted by Crippen LogP contribution is 2.21. The van der Waals surface area contributed by atoms with Crippen molar-refractivity contribution in [2.75, 3.05) is 26.3 Å². The highest BCUT2D eigenvalue weighted by Gasteiger charge is 2.29. The maximum absolute atomic E-state index is 12.6. The lowest BCUT2D eigenvalue weighted by molar-refractivity contribution is -0.147. The molecule has 1 amide bonds. The summed E-state index contributed by atoms with van der Waals surface area (Å²) in [7, 11) is 0. The molecule has 3 rings (SSSR count). The molecule has 1 aromatic heterocycles. The second-order valence-corrected chi connectivity index (χ2v) is 6.42.